The zero-order chi connectivity index (χ0) is 9.03. The molecule has 68 valence electrons. The Bertz CT molecular complexity index is 216. The largest absolute Gasteiger partial charge is 0.463 e. The molecule has 0 unspecified atom stereocenters. The van der Waals surface area contributed by atoms with E-state index in [0.717, 1.165) is 12.3 Å². The van der Waals surface area contributed by atoms with E-state index < -0.39 is 0 Å². The molecule has 0 aliphatic rings. The van der Waals surface area contributed by atoms with Gasteiger partial charge in [0, 0.05) is 0 Å². The lowest BCUT2D eigenvalue weighted by molar-refractivity contribution is -0.738. The topological polar surface area (TPSA) is 50.0 Å². The molecule has 0 fully saturated rings. The smallest absolute Gasteiger partial charge is 0.157 e. The first-order valence-corrected chi connectivity index (χ1v) is 4.12. The molecular formula is C9H16NO2+. The minimum absolute atomic E-state index is 0.118. The summed E-state index contributed by atoms with van der Waals surface area (Å²) in [6.07, 6.45) is 1.66. The second-order valence-corrected chi connectivity index (χ2v) is 3.63. The lowest BCUT2D eigenvalue weighted by atomic mass is 10.1. The number of nitrogens with two attached hydrogens (primary N) is 1. The molecule has 0 spiro atoms. The molecule has 0 amide bonds. The summed E-state index contributed by atoms with van der Waals surface area (Å²) in [5.74, 6) is 0.941. The summed E-state index contributed by atoms with van der Waals surface area (Å²) >= 11 is 0. The molecule has 1 aromatic heterocycles. The Labute approximate surface area is 72.4 Å². The number of rotatable bonds is 4. The molecule has 0 aliphatic heterocycles. The Hall–Kier alpha value is -0.800. The standard InChI is InChI=1S/C9H15NO2/c1-9(2,7-11)10-6-8-4-3-5-12-8/h3-5,10-11H,6-7H2,1-2H3/p+1. The highest BCUT2D eigenvalue weighted by Gasteiger charge is 2.19. The van der Waals surface area contributed by atoms with E-state index in [0.29, 0.717) is 0 Å². The van der Waals surface area contributed by atoms with Gasteiger partial charge in [0.15, 0.2) is 5.76 Å². The third kappa shape index (κ3) is 2.68. The van der Waals surface area contributed by atoms with Crippen molar-refractivity contribution in [2.75, 3.05) is 6.61 Å². The fraction of sp³-hybridized carbons (Fsp3) is 0.556. The van der Waals surface area contributed by atoms with Crippen molar-refractivity contribution in [2.45, 2.75) is 25.9 Å². The Morgan fingerprint density at radius 1 is 1.58 bits per heavy atom. The molecule has 3 N–H and O–H groups in total. The Morgan fingerprint density at radius 2 is 2.33 bits per heavy atom. The van der Waals surface area contributed by atoms with E-state index in [2.05, 4.69) is 5.32 Å². The van der Waals surface area contributed by atoms with Gasteiger partial charge in [-0.25, -0.2) is 0 Å². The van der Waals surface area contributed by atoms with Crippen molar-refractivity contribution in [1.82, 2.24) is 0 Å². The van der Waals surface area contributed by atoms with Crippen molar-refractivity contribution in [3.05, 3.63) is 24.2 Å². The molecule has 0 bridgehead atoms. The number of hydrogen-bond acceptors (Lipinski definition) is 2. The van der Waals surface area contributed by atoms with Gasteiger partial charge < -0.3 is 14.8 Å². The second kappa shape index (κ2) is 3.74. The summed E-state index contributed by atoms with van der Waals surface area (Å²) in [5.41, 5.74) is -0.118. The normalized spacial score (nSPS) is 11.9. The molecule has 0 aliphatic carbocycles. The summed E-state index contributed by atoms with van der Waals surface area (Å²) in [6.45, 7) is 4.94. The van der Waals surface area contributed by atoms with Crippen molar-refractivity contribution >= 4 is 0 Å². The van der Waals surface area contributed by atoms with E-state index in [-0.39, 0.29) is 12.1 Å². The highest BCUT2D eigenvalue weighted by atomic mass is 16.3. The van der Waals surface area contributed by atoms with E-state index in [1.807, 2.05) is 26.0 Å². The predicted octanol–water partition coefficient (Wildman–Crippen LogP) is 0.114. The number of aliphatic hydroxyl groups is 1. The maximum atomic E-state index is 8.96. The Kier molecular flexibility index (Phi) is 2.89. The SMILES string of the molecule is CC(C)(CO)[NH2+]Cc1ccco1. The highest BCUT2D eigenvalue weighted by Crippen LogP contribution is 1.98. The highest BCUT2D eigenvalue weighted by molar-refractivity contribution is 4.95. The summed E-state index contributed by atoms with van der Waals surface area (Å²) in [6, 6.07) is 3.80. The number of furan rings is 1. The lowest BCUT2D eigenvalue weighted by Crippen LogP contribution is -2.95. The molecule has 0 saturated heterocycles. The van der Waals surface area contributed by atoms with Crippen molar-refractivity contribution in [1.29, 1.82) is 0 Å². The monoisotopic (exact) mass is 170 g/mol. The van der Waals surface area contributed by atoms with Crippen LogP contribution in [-0.4, -0.2) is 17.3 Å². The van der Waals surface area contributed by atoms with Crippen LogP contribution in [0.5, 0.6) is 0 Å². The van der Waals surface area contributed by atoms with Crippen LogP contribution in [0.25, 0.3) is 0 Å². The average Bonchev–Trinajstić information content (AvgIpc) is 2.53. The van der Waals surface area contributed by atoms with Crippen LogP contribution in [0.2, 0.25) is 0 Å². The summed E-state index contributed by atoms with van der Waals surface area (Å²) in [4.78, 5) is 0. The van der Waals surface area contributed by atoms with Crippen molar-refractivity contribution < 1.29 is 14.8 Å². The molecule has 0 aromatic carbocycles. The van der Waals surface area contributed by atoms with Crippen LogP contribution < -0.4 is 5.32 Å². The van der Waals surface area contributed by atoms with Crippen LogP contribution in [0.4, 0.5) is 0 Å². The van der Waals surface area contributed by atoms with Gasteiger partial charge in [0.1, 0.15) is 12.1 Å². The summed E-state index contributed by atoms with van der Waals surface area (Å²) in [7, 11) is 0. The Morgan fingerprint density at radius 3 is 2.83 bits per heavy atom. The van der Waals surface area contributed by atoms with Gasteiger partial charge in [-0.15, -0.1) is 0 Å². The average molecular weight is 170 g/mol. The first-order valence-electron chi connectivity index (χ1n) is 4.12. The molecule has 1 aromatic rings. The Balaban J connectivity index is 2.36. The maximum absolute atomic E-state index is 8.96. The van der Waals surface area contributed by atoms with E-state index in [9.17, 15) is 0 Å². The van der Waals surface area contributed by atoms with Gasteiger partial charge >= 0.3 is 0 Å². The third-order valence-corrected chi connectivity index (χ3v) is 1.84. The summed E-state index contributed by atoms with van der Waals surface area (Å²) < 4.78 is 5.16. The van der Waals surface area contributed by atoms with Crippen LogP contribution in [0.1, 0.15) is 19.6 Å². The molecular weight excluding hydrogens is 154 g/mol. The molecule has 0 atom stereocenters. The minimum atomic E-state index is -0.118. The molecule has 0 saturated carbocycles. The van der Waals surface area contributed by atoms with E-state index in [1.165, 1.54) is 0 Å². The summed E-state index contributed by atoms with van der Waals surface area (Å²) in [5, 5.41) is 11.0. The van der Waals surface area contributed by atoms with Gasteiger partial charge in [0.25, 0.3) is 0 Å². The van der Waals surface area contributed by atoms with Crippen molar-refractivity contribution in [3.63, 3.8) is 0 Å². The van der Waals surface area contributed by atoms with E-state index in [1.54, 1.807) is 6.26 Å². The van der Waals surface area contributed by atoms with Crippen LogP contribution in [0.3, 0.4) is 0 Å². The number of aliphatic hydroxyl groups excluding tert-OH is 1. The van der Waals surface area contributed by atoms with Crippen molar-refractivity contribution in [3.8, 4) is 0 Å². The molecule has 0 radical (unpaired) electrons. The lowest BCUT2D eigenvalue weighted by Gasteiger charge is -2.18. The second-order valence-electron chi connectivity index (χ2n) is 3.63. The molecule has 3 heteroatoms. The number of quaternary nitrogens is 1. The zero-order valence-electron chi connectivity index (χ0n) is 7.58. The van der Waals surface area contributed by atoms with Gasteiger partial charge in [0.05, 0.1) is 12.9 Å². The zero-order valence-corrected chi connectivity index (χ0v) is 7.58. The van der Waals surface area contributed by atoms with Gasteiger partial charge in [-0.3, -0.25) is 0 Å². The predicted molar refractivity (Wildman–Crippen MR) is 45.5 cm³/mol. The van der Waals surface area contributed by atoms with Crippen LogP contribution >= 0.6 is 0 Å². The van der Waals surface area contributed by atoms with E-state index >= 15 is 0 Å². The first-order chi connectivity index (χ1) is 5.64. The molecule has 1 rings (SSSR count). The van der Waals surface area contributed by atoms with Crippen LogP contribution in [0, 0.1) is 0 Å². The van der Waals surface area contributed by atoms with Gasteiger partial charge in [0.2, 0.25) is 0 Å². The van der Waals surface area contributed by atoms with E-state index in [4.69, 9.17) is 9.52 Å². The third-order valence-electron chi connectivity index (χ3n) is 1.84. The molecule has 1 heterocycles. The fourth-order valence-corrected chi connectivity index (χ4v) is 0.870. The first kappa shape index (κ1) is 9.29. The molecule has 3 nitrogen and oxygen atoms in total. The van der Waals surface area contributed by atoms with Crippen LogP contribution in [0.15, 0.2) is 22.8 Å². The minimum Gasteiger partial charge on any atom is -0.463 e. The number of hydrogen-bond donors (Lipinski definition) is 2. The van der Waals surface area contributed by atoms with Gasteiger partial charge in [-0.05, 0) is 26.0 Å². The van der Waals surface area contributed by atoms with Gasteiger partial charge in [-0.2, -0.15) is 0 Å². The van der Waals surface area contributed by atoms with Gasteiger partial charge in [-0.1, -0.05) is 0 Å². The maximum Gasteiger partial charge on any atom is 0.157 e. The van der Waals surface area contributed by atoms with Crippen LogP contribution in [-0.2, 0) is 6.54 Å². The fourth-order valence-electron chi connectivity index (χ4n) is 0.870. The quantitative estimate of drug-likeness (QED) is 0.674. The van der Waals surface area contributed by atoms with Crippen molar-refractivity contribution in [2.24, 2.45) is 0 Å². The molecule has 12 heavy (non-hydrogen) atoms.